The van der Waals surface area contributed by atoms with E-state index >= 15 is 0 Å². The van der Waals surface area contributed by atoms with E-state index in [2.05, 4.69) is 20.4 Å². The molecule has 46 heavy (non-hydrogen) atoms. The second-order valence-electron chi connectivity index (χ2n) is 9.16. The molecule has 5 N–H and O–H groups in total. The molecular weight excluding hydrogens is 703 g/mol. The molecule has 0 bridgehead atoms. The number of thiazole rings is 2. The zero-order valence-corrected chi connectivity index (χ0v) is 31.6. The molecule has 230 valence electrons. The van der Waals surface area contributed by atoms with Gasteiger partial charge in [-0.1, -0.05) is 16.9 Å². The smallest absolute Gasteiger partial charge is 0.545 e. The molecule has 0 saturated carbocycles. The maximum absolute atomic E-state index is 13.1. The second-order valence-corrected chi connectivity index (χ2v) is 13.2. The average molecular weight is 723 g/mol. The summed E-state index contributed by atoms with van der Waals surface area (Å²) in [6.07, 6.45) is 0.151. The number of β-lactam (4-membered cyclic amide) rings is 1. The zero-order valence-electron chi connectivity index (χ0n) is 24.3. The number of thioether (sulfide) groups is 2. The van der Waals surface area contributed by atoms with Gasteiger partial charge in [0, 0.05) is 34.3 Å². The van der Waals surface area contributed by atoms with Crippen molar-refractivity contribution in [2.75, 3.05) is 24.3 Å². The maximum atomic E-state index is 13.1. The van der Waals surface area contributed by atoms with Crippen LogP contribution >= 0.6 is 46.2 Å². The number of phenolic OH excluding ortho intramolecular Hbond substituents is 1. The molecule has 2 aliphatic heterocycles. The standard InChI is InChI=1S/C25H22N6O9S4.2Na/c1-40-30-15(13-8-42-24(26)28-13)19(34)29-16-20(35)31-17(23(38)39)10(5-41-21(16)31)6-43-25-27-11(7-44-25)2-9-3-12(22(36)37)18(33)14(32)4-9;;/h3-4,7-8,16,21,32-33H,2,5-6H2,1H3,(H2,26,28)(H,29,34)(H,36,37)(H,38,39);;/q;2*+1/p-2/t16-,21+;;/m1../s1. The summed E-state index contributed by atoms with van der Waals surface area (Å²) < 4.78 is 0.577. The Labute approximate surface area is 321 Å². The molecule has 3 aromatic rings. The number of aromatic hydroxyl groups is 2. The minimum Gasteiger partial charge on any atom is -0.545 e. The molecule has 1 fully saturated rings. The van der Waals surface area contributed by atoms with E-state index in [1.54, 1.807) is 5.38 Å². The van der Waals surface area contributed by atoms with Crippen LogP contribution < -0.4 is 80.4 Å². The van der Waals surface area contributed by atoms with E-state index < -0.39 is 52.2 Å². The van der Waals surface area contributed by atoms with E-state index in [9.17, 15) is 39.6 Å². The summed E-state index contributed by atoms with van der Waals surface area (Å²) in [5.41, 5.74) is 6.17. The first-order valence-corrected chi connectivity index (χ1v) is 16.1. The summed E-state index contributed by atoms with van der Waals surface area (Å²) in [5, 5.41) is 51.9. The number of nitrogens with one attached hydrogen (secondary N) is 1. The first-order valence-electron chi connectivity index (χ1n) is 12.3. The molecule has 2 atom stereocenters. The fourth-order valence-corrected chi connectivity index (χ4v) is 8.29. The van der Waals surface area contributed by atoms with E-state index in [-0.39, 0.29) is 99.3 Å². The largest absolute Gasteiger partial charge is 1.00 e. The molecule has 0 spiro atoms. The van der Waals surface area contributed by atoms with E-state index in [4.69, 9.17) is 10.6 Å². The van der Waals surface area contributed by atoms with Crippen molar-refractivity contribution in [1.29, 1.82) is 0 Å². The Hall–Kier alpha value is -2.33. The number of nitrogens with two attached hydrogens (primary N) is 1. The molecule has 1 saturated heterocycles. The Kier molecular flexibility index (Phi) is 13.4. The van der Waals surface area contributed by atoms with Crippen molar-refractivity contribution in [3.63, 3.8) is 0 Å². The first-order chi connectivity index (χ1) is 21.0. The Bertz CT molecular complexity index is 1750. The minimum absolute atomic E-state index is 0. The van der Waals surface area contributed by atoms with Crippen molar-refractivity contribution >= 4 is 80.8 Å². The van der Waals surface area contributed by atoms with Gasteiger partial charge in [0.1, 0.15) is 28.6 Å². The Morgan fingerprint density at radius 2 is 1.91 bits per heavy atom. The van der Waals surface area contributed by atoms with Crippen LogP contribution in [0.15, 0.2) is 43.7 Å². The van der Waals surface area contributed by atoms with Gasteiger partial charge in [0.25, 0.3) is 11.8 Å². The molecule has 0 radical (unpaired) electrons. The summed E-state index contributed by atoms with van der Waals surface area (Å²) in [6, 6.07) is 1.39. The third-order valence-corrected chi connectivity index (χ3v) is 10.5. The fourth-order valence-electron chi connectivity index (χ4n) is 4.41. The molecular formula is C25H20N6Na2O9S4. The summed E-state index contributed by atoms with van der Waals surface area (Å²) in [5.74, 6) is -5.49. The van der Waals surface area contributed by atoms with Crippen LogP contribution in [-0.2, 0) is 25.6 Å². The number of nitrogens with zero attached hydrogens (tertiary/aromatic N) is 4. The number of benzene rings is 1. The number of carbonyl (C=O) groups is 4. The van der Waals surface area contributed by atoms with Crippen molar-refractivity contribution in [3.8, 4) is 11.5 Å². The van der Waals surface area contributed by atoms with Crippen LogP contribution in [-0.4, -0.2) is 84.6 Å². The molecule has 0 unspecified atom stereocenters. The van der Waals surface area contributed by atoms with E-state index in [1.165, 1.54) is 59.5 Å². The minimum atomic E-state index is -1.64. The van der Waals surface area contributed by atoms with E-state index in [0.717, 1.165) is 16.2 Å². The van der Waals surface area contributed by atoms with E-state index in [0.29, 0.717) is 21.2 Å². The monoisotopic (exact) mass is 722 g/mol. The summed E-state index contributed by atoms with van der Waals surface area (Å²) in [6.45, 7) is 0. The normalized spacial score (nSPS) is 17.3. The predicted octanol–water partition coefficient (Wildman–Crippen LogP) is -6.90. The van der Waals surface area contributed by atoms with Gasteiger partial charge in [-0.15, -0.1) is 34.4 Å². The van der Waals surface area contributed by atoms with Crippen molar-refractivity contribution in [2.45, 2.75) is 22.2 Å². The van der Waals surface area contributed by atoms with Crippen LogP contribution in [0.4, 0.5) is 5.13 Å². The topological polar surface area (TPSA) is 244 Å². The summed E-state index contributed by atoms with van der Waals surface area (Å²) in [4.78, 5) is 63.7. The molecule has 2 aromatic heterocycles. The Morgan fingerprint density at radius 1 is 1.17 bits per heavy atom. The number of fused-ring (bicyclic) bond motifs is 1. The number of carbonyl (C=O) groups excluding carboxylic acids is 4. The molecule has 15 nitrogen and oxygen atoms in total. The number of hydrogen-bond donors (Lipinski definition) is 4. The number of hydrogen-bond acceptors (Lipinski definition) is 17. The first kappa shape index (κ1) is 38.1. The van der Waals surface area contributed by atoms with Gasteiger partial charge >= 0.3 is 59.1 Å². The Balaban J connectivity index is 0.00000288. The number of rotatable bonds is 11. The van der Waals surface area contributed by atoms with Gasteiger partial charge in [-0.3, -0.25) is 14.5 Å². The summed E-state index contributed by atoms with van der Waals surface area (Å²) in [7, 11) is 1.25. The van der Waals surface area contributed by atoms with Crippen LogP contribution in [0.1, 0.15) is 27.3 Å². The van der Waals surface area contributed by atoms with Gasteiger partial charge in [0.15, 0.2) is 22.3 Å². The van der Waals surface area contributed by atoms with Crippen LogP contribution in [0.25, 0.3) is 0 Å². The molecule has 4 heterocycles. The van der Waals surface area contributed by atoms with Gasteiger partial charge in [-0.25, -0.2) is 9.97 Å². The Morgan fingerprint density at radius 3 is 2.54 bits per heavy atom. The number of carboxylic acid groups (broad SMARTS) is 2. The summed E-state index contributed by atoms with van der Waals surface area (Å²) >= 11 is 4.88. The number of amides is 2. The number of aromatic carboxylic acids is 1. The zero-order chi connectivity index (χ0) is 31.7. The van der Waals surface area contributed by atoms with Crippen molar-refractivity contribution in [3.05, 3.63) is 56.7 Å². The van der Waals surface area contributed by atoms with Crippen molar-refractivity contribution in [2.24, 2.45) is 5.16 Å². The predicted molar refractivity (Wildman–Crippen MR) is 157 cm³/mol. The third-order valence-electron chi connectivity index (χ3n) is 6.34. The number of aromatic nitrogens is 2. The van der Waals surface area contributed by atoms with E-state index in [1.807, 2.05) is 0 Å². The maximum Gasteiger partial charge on any atom is 1.00 e. The molecule has 0 aliphatic carbocycles. The molecule has 2 aliphatic rings. The van der Waals surface area contributed by atoms with Crippen LogP contribution in [0.5, 0.6) is 11.5 Å². The van der Waals surface area contributed by atoms with Gasteiger partial charge in [0.05, 0.1) is 23.3 Å². The molecule has 2 amide bonds. The number of nitrogen functional groups attached to an aromatic ring is 1. The second kappa shape index (κ2) is 16.2. The van der Waals surface area contributed by atoms with Gasteiger partial charge in [0.2, 0.25) is 0 Å². The van der Waals surface area contributed by atoms with Gasteiger partial charge in [-0.2, -0.15) is 0 Å². The number of oxime groups is 1. The third kappa shape index (κ3) is 8.03. The quantitative estimate of drug-likeness (QED) is 0.0359. The van der Waals surface area contributed by atoms with Crippen LogP contribution in [0.3, 0.4) is 0 Å². The van der Waals surface area contributed by atoms with Gasteiger partial charge < -0.3 is 45.9 Å². The molecule has 21 heteroatoms. The number of phenols is 2. The molecule has 1 aromatic carbocycles. The van der Waals surface area contributed by atoms with Crippen LogP contribution in [0.2, 0.25) is 0 Å². The van der Waals surface area contributed by atoms with Gasteiger partial charge in [-0.05, 0) is 23.3 Å². The fraction of sp³-hybridized carbons (Fsp3) is 0.240. The van der Waals surface area contributed by atoms with Crippen LogP contribution in [0, 0.1) is 0 Å². The van der Waals surface area contributed by atoms with Crippen molar-refractivity contribution in [1.82, 2.24) is 20.2 Å². The average Bonchev–Trinajstić information content (AvgIpc) is 3.62. The SMILES string of the molecule is CON=C(C(=O)N[C@@H]1C(=O)N2C(C(=O)[O-])=C(CSc3nc(Cc4cc(O)c(O)c(C(=O)[O-])c4)cs3)CS[C@@H]12)c1csc(N)n1.[Na+].[Na+]. The molecule has 5 rings (SSSR count). The number of aliphatic carboxylic acids is 1. The number of anilines is 1. The number of carboxylic acids is 2. The van der Waals surface area contributed by atoms with Crippen molar-refractivity contribution < 1.29 is 104 Å².